The third-order valence-electron chi connectivity index (χ3n) is 3.73. The van der Waals surface area contributed by atoms with Gasteiger partial charge in [0.05, 0.1) is 12.1 Å². The van der Waals surface area contributed by atoms with Crippen molar-refractivity contribution in [2.45, 2.75) is 37.7 Å². The molecule has 0 bridgehead atoms. The number of hydrogen-bond acceptors (Lipinski definition) is 4. The van der Waals surface area contributed by atoms with Gasteiger partial charge in [0.2, 0.25) is 5.91 Å². The fourth-order valence-electron chi connectivity index (χ4n) is 2.41. The zero-order valence-corrected chi connectivity index (χ0v) is 13.6. The van der Waals surface area contributed by atoms with Gasteiger partial charge in [-0.25, -0.2) is 0 Å². The number of nitriles is 1. The number of amides is 1. The fraction of sp³-hybridized carbons (Fsp3) is 0.500. The number of benzene rings is 1. The van der Waals surface area contributed by atoms with E-state index in [-0.39, 0.29) is 22.9 Å². The second kappa shape index (κ2) is 6.08. The molecule has 5 heteroatoms. The highest BCUT2D eigenvalue weighted by molar-refractivity contribution is 7.99. The van der Waals surface area contributed by atoms with Crippen molar-refractivity contribution in [1.82, 2.24) is 10.6 Å². The molecule has 2 N–H and O–H groups in total. The molecule has 0 radical (unpaired) electrons. The summed E-state index contributed by atoms with van der Waals surface area (Å²) in [5, 5.41) is 15.4. The zero-order chi connectivity index (χ0) is 15.6. The van der Waals surface area contributed by atoms with Gasteiger partial charge in [0, 0.05) is 0 Å². The number of rotatable bonds is 2. The summed E-state index contributed by atoms with van der Waals surface area (Å²) < 4.78 is 0. The summed E-state index contributed by atoms with van der Waals surface area (Å²) in [6, 6.07) is 10.0. The van der Waals surface area contributed by atoms with Crippen molar-refractivity contribution in [1.29, 1.82) is 5.26 Å². The summed E-state index contributed by atoms with van der Waals surface area (Å²) in [5.74, 6) is -0.908. The average Bonchev–Trinajstić information content (AvgIpc) is 2.45. The molecule has 1 aromatic rings. The minimum Gasteiger partial charge on any atom is -0.331 e. The van der Waals surface area contributed by atoms with Crippen molar-refractivity contribution >= 4 is 17.7 Å². The smallest absolute Gasteiger partial charge is 0.241 e. The second-order valence-electron chi connectivity index (χ2n) is 6.25. The SMILES string of the molecule is CSC1NC(=O)C(C#N)C(c2ccc(C(C)(C)C)cc2)N1. The number of carbonyl (C=O) groups excluding carboxylic acids is 1. The van der Waals surface area contributed by atoms with Crippen LogP contribution >= 0.6 is 11.8 Å². The first-order valence-corrected chi connectivity index (χ1v) is 8.25. The van der Waals surface area contributed by atoms with Crippen molar-refractivity contribution in [3.63, 3.8) is 0 Å². The summed E-state index contributed by atoms with van der Waals surface area (Å²) >= 11 is 1.52. The van der Waals surface area contributed by atoms with Crippen molar-refractivity contribution in [3.05, 3.63) is 35.4 Å². The quantitative estimate of drug-likeness (QED) is 0.881. The van der Waals surface area contributed by atoms with Gasteiger partial charge in [-0.05, 0) is 22.8 Å². The third kappa shape index (κ3) is 3.39. The molecule has 3 atom stereocenters. The lowest BCUT2D eigenvalue weighted by atomic mass is 9.85. The number of thioether (sulfide) groups is 1. The minimum absolute atomic E-state index is 0.0896. The summed E-state index contributed by atoms with van der Waals surface area (Å²) in [7, 11) is 0. The highest BCUT2D eigenvalue weighted by Gasteiger charge is 2.36. The number of nitrogens with one attached hydrogen (secondary N) is 2. The van der Waals surface area contributed by atoms with Crippen LogP contribution in [-0.2, 0) is 10.2 Å². The molecule has 1 heterocycles. The molecule has 0 aliphatic carbocycles. The number of nitrogens with zero attached hydrogens (tertiary/aromatic N) is 1. The molecule has 1 aliphatic heterocycles. The lowest BCUT2D eigenvalue weighted by Crippen LogP contribution is -2.55. The lowest BCUT2D eigenvalue weighted by Gasteiger charge is -2.34. The molecule has 0 saturated carbocycles. The van der Waals surface area contributed by atoms with Gasteiger partial charge >= 0.3 is 0 Å². The Balaban J connectivity index is 2.29. The first-order valence-electron chi connectivity index (χ1n) is 6.96. The van der Waals surface area contributed by atoms with Crippen LogP contribution in [0.5, 0.6) is 0 Å². The van der Waals surface area contributed by atoms with E-state index in [1.54, 1.807) is 0 Å². The molecule has 0 spiro atoms. The zero-order valence-electron chi connectivity index (χ0n) is 12.8. The molecule has 3 unspecified atom stereocenters. The minimum atomic E-state index is -0.700. The molecule has 1 amide bonds. The van der Waals surface area contributed by atoms with Gasteiger partial charge in [-0.3, -0.25) is 10.1 Å². The maximum absolute atomic E-state index is 12.0. The number of hydrogen-bond donors (Lipinski definition) is 2. The topological polar surface area (TPSA) is 64.9 Å². The van der Waals surface area contributed by atoms with Crippen LogP contribution in [0.4, 0.5) is 0 Å². The Morgan fingerprint density at radius 1 is 1.24 bits per heavy atom. The Morgan fingerprint density at radius 3 is 2.33 bits per heavy atom. The van der Waals surface area contributed by atoms with E-state index < -0.39 is 5.92 Å². The Hall–Kier alpha value is -1.51. The predicted molar refractivity (Wildman–Crippen MR) is 85.6 cm³/mol. The molecule has 1 aromatic carbocycles. The first-order chi connectivity index (χ1) is 9.86. The van der Waals surface area contributed by atoms with E-state index in [1.165, 1.54) is 17.3 Å². The van der Waals surface area contributed by atoms with Crippen LogP contribution in [0.25, 0.3) is 0 Å². The molecule has 1 saturated heterocycles. The van der Waals surface area contributed by atoms with Gasteiger partial charge in [-0.1, -0.05) is 45.0 Å². The molecule has 0 aromatic heterocycles. The summed E-state index contributed by atoms with van der Waals surface area (Å²) in [6.07, 6.45) is 1.92. The van der Waals surface area contributed by atoms with Gasteiger partial charge in [0.25, 0.3) is 0 Å². The molecule has 2 rings (SSSR count). The Labute approximate surface area is 130 Å². The molecular formula is C16H21N3OS. The molecule has 21 heavy (non-hydrogen) atoms. The lowest BCUT2D eigenvalue weighted by molar-refractivity contribution is -0.126. The largest absolute Gasteiger partial charge is 0.331 e. The van der Waals surface area contributed by atoms with Gasteiger partial charge < -0.3 is 5.32 Å². The first kappa shape index (κ1) is 15.9. The van der Waals surface area contributed by atoms with E-state index in [1.807, 2.05) is 18.4 Å². The molecular weight excluding hydrogens is 282 g/mol. The van der Waals surface area contributed by atoms with Gasteiger partial charge in [0.15, 0.2) is 0 Å². The van der Waals surface area contributed by atoms with Gasteiger partial charge in [-0.15, -0.1) is 11.8 Å². The van der Waals surface area contributed by atoms with E-state index in [0.717, 1.165) is 5.56 Å². The Kier molecular flexibility index (Phi) is 4.60. The summed E-state index contributed by atoms with van der Waals surface area (Å²) in [6.45, 7) is 6.49. The summed E-state index contributed by atoms with van der Waals surface area (Å²) in [4.78, 5) is 12.0. The van der Waals surface area contributed by atoms with Crippen LogP contribution in [0.3, 0.4) is 0 Å². The molecule has 1 aliphatic rings. The van der Waals surface area contributed by atoms with Crippen molar-refractivity contribution in [2.75, 3.05) is 6.26 Å². The van der Waals surface area contributed by atoms with Crippen LogP contribution in [0.15, 0.2) is 24.3 Å². The number of carbonyl (C=O) groups is 1. The van der Waals surface area contributed by atoms with Crippen LogP contribution < -0.4 is 10.6 Å². The van der Waals surface area contributed by atoms with E-state index in [9.17, 15) is 10.1 Å². The maximum Gasteiger partial charge on any atom is 0.241 e. The normalized spacial score (nSPS) is 26.0. The Morgan fingerprint density at radius 2 is 1.86 bits per heavy atom. The molecule has 112 valence electrons. The predicted octanol–water partition coefficient (Wildman–Crippen LogP) is 2.53. The maximum atomic E-state index is 12.0. The van der Waals surface area contributed by atoms with Crippen LogP contribution in [0, 0.1) is 17.2 Å². The highest BCUT2D eigenvalue weighted by atomic mass is 32.2. The van der Waals surface area contributed by atoms with Crippen molar-refractivity contribution in [2.24, 2.45) is 5.92 Å². The van der Waals surface area contributed by atoms with E-state index >= 15 is 0 Å². The van der Waals surface area contributed by atoms with Crippen molar-refractivity contribution < 1.29 is 4.79 Å². The summed E-state index contributed by atoms with van der Waals surface area (Å²) in [5.41, 5.74) is 2.14. The van der Waals surface area contributed by atoms with Gasteiger partial charge in [0.1, 0.15) is 11.4 Å². The highest BCUT2D eigenvalue weighted by Crippen LogP contribution is 2.29. The second-order valence-corrected chi connectivity index (χ2v) is 7.19. The monoisotopic (exact) mass is 303 g/mol. The molecule has 1 fully saturated rings. The van der Waals surface area contributed by atoms with E-state index in [4.69, 9.17) is 0 Å². The van der Waals surface area contributed by atoms with E-state index in [2.05, 4.69) is 49.6 Å². The standard InChI is InChI=1S/C16H21N3OS/c1-16(2,3)11-7-5-10(6-8-11)13-12(9-17)14(20)19-15(18-13)21-4/h5-8,12-13,15,18H,1-4H3,(H,19,20). The fourth-order valence-corrected chi connectivity index (χ4v) is 2.93. The Bertz CT molecular complexity index is 556. The average molecular weight is 303 g/mol. The van der Waals surface area contributed by atoms with Crippen LogP contribution in [-0.4, -0.2) is 17.7 Å². The van der Waals surface area contributed by atoms with Crippen LogP contribution in [0.2, 0.25) is 0 Å². The van der Waals surface area contributed by atoms with Crippen molar-refractivity contribution in [3.8, 4) is 6.07 Å². The van der Waals surface area contributed by atoms with E-state index in [0.29, 0.717) is 0 Å². The van der Waals surface area contributed by atoms with Gasteiger partial charge in [-0.2, -0.15) is 5.26 Å². The molecule has 4 nitrogen and oxygen atoms in total. The third-order valence-corrected chi connectivity index (χ3v) is 4.46. The van der Waals surface area contributed by atoms with Crippen LogP contribution in [0.1, 0.15) is 37.9 Å².